The summed E-state index contributed by atoms with van der Waals surface area (Å²) in [5.41, 5.74) is 2.84. The Morgan fingerprint density at radius 3 is 2.59 bits per heavy atom. The molecule has 1 amide bonds. The molecule has 3 fully saturated rings. The highest BCUT2D eigenvalue weighted by Gasteiger charge is 2.47. The zero-order valence-electron chi connectivity index (χ0n) is 18.2. The molecule has 0 radical (unpaired) electrons. The van der Waals surface area contributed by atoms with E-state index in [0.717, 1.165) is 51.4 Å². The number of likely N-dealkylation sites (tertiary alicyclic amines) is 2. The molecule has 4 rings (SSSR count). The topological polar surface area (TPSA) is 45.3 Å². The summed E-state index contributed by atoms with van der Waals surface area (Å²) < 4.78 is 10.8. The maximum atomic E-state index is 13.0. The van der Waals surface area contributed by atoms with Crippen molar-refractivity contribution in [1.82, 2.24) is 14.7 Å². The molecule has 3 aliphatic rings. The van der Waals surface area contributed by atoms with Gasteiger partial charge < -0.3 is 14.4 Å². The van der Waals surface area contributed by atoms with Gasteiger partial charge in [0.2, 0.25) is 5.91 Å². The number of likely N-dealkylation sites (N-methyl/N-ethyl adjacent to an activating group) is 1. The third-order valence-electron chi connectivity index (χ3n) is 7.13. The first kappa shape index (κ1) is 20.6. The van der Waals surface area contributed by atoms with Gasteiger partial charge in [0.25, 0.3) is 0 Å². The number of aryl methyl sites for hydroxylation is 1. The number of hydrogen-bond donors (Lipinski definition) is 0. The van der Waals surface area contributed by atoms with Crippen LogP contribution in [0.1, 0.15) is 30.4 Å². The van der Waals surface area contributed by atoms with E-state index in [0.29, 0.717) is 24.5 Å². The van der Waals surface area contributed by atoms with Crippen LogP contribution in [0.15, 0.2) is 18.2 Å². The molecule has 1 aromatic rings. The number of hydrogen-bond acceptors (Lipinski definition) is 5. The van der Waals surface area contributed by atoms with Gasteiger partial charge in [-0.3, -0.25) is 14.6 Å². The number of rotatable bonds is 4. The van der Waals surface area contributed by atoms with Gasteiger partial charge >= 0.3 is 0 Å². The lowest BCUT2D eigenvalue weighted by Gasteiger charge is -2.39. The minimum absolute atomic E-state index is 0.0453. The number of nitrogens with zero attached hydrogens (tertiary/aromatic N) is 3. The molecule has 3 heterocycles. The number of ether oxygens (including phenoxy) is 2. The number of piperidine rings is 1. The smallest absolute Gasteiger partial charge is 0.240 e. The molecular weight excluding hydrogens is 366 g/mol. The van der Waals surface area contributed by atoms with E-state index in [4.69, 9.17) is 9.47 Å². The zero-order chi connectivity index (χ0) is 20.4. The highest BCUT2D eigenvalue weighted by atomic mass is 16.5. The van der Waals surface area contributed by atoms with Gasteiger partial charge in [0.1, 0.15) is 5.75 Å². The number of benzene rings is 1. The summed E-state index contributed by atoms with van der Waals surface area (Å²) in [6, 6.07) is 6.54. The van der Waals surface area contributed by atoms with Gasteiger partial charge in [-0.05, 0) is 68.9 Å². The Balaban J connectivity index is 1.33. The molecule has 1 unspecified atom stereocenters. The van der Waals surface area contributed by atoms with Crippen molar-refractivity contribution >= 4 is 5.91 Å². The molecule has 3 saturated heterocycles. The molecule has 0 aliphatic carbocycles. The van der Waals surface area contributed by atoms with Crippen molar-refractivity contribution in [3.05, 3.63) is 29.3 Å². The molecule has 1 atom stereocenters. The molecular formula is C23H35N3O3. The molecule has 6 heteroatoms. The fourth-order valence-electron chi connectivity index (χ4n) is 5.38. The maximum Gasteiger partial charge on any atom is 0.240 e. The first-order chi connectivity index (χ1) is 14.0. The molecule has 1 spiro atoms. The quantitative estimate of drug-likeness (QED) is 0.774. The molecule has 3 aliphatic heterocycles. The Labute approximate surface area is 174 Å². The van der Waals surface area contributed by atoms with Gasteiger partial charge in [-0.25, -0.2) is 0 Å². The van der Waals surface area contributed by atoms with E-state index >= 15 is 0 Å². The van der Waals surface area contributed by atoms with E-state index in [1.54, 1.807) is 7.11 Å². The predicted octanol–water partition coefficient (Wildman–Crippen LogP) is 2.15. The van der Waals surface area contributed by atoms with Crippen molar-refractivity contribution in [2.45, 2.75) is 38.8 Å². The molecule has 0 bridgehead atoms. The van der Waals surface area contributed by atoms with E-state index in [-0.39, 0.29) is 6.04 Å². The van der Waals surface area contributed by atoms with Gasteiger partial charge in [-0.1, -0.05) is 12.1 Å². The summed E-state index contributed by atoms with van der Waals surface area (Å²) in [4.78, 5) is 19.9. The Morgan fingerprint density at radius 1 is 1.21 bits per heavy atom. The Morgan fingerprint density at radius 2 is 1.93 bits per heavy atom. The van der Waals surface area contributed by atoms with Crippen LogP contribution in [0.25, 0.3) is 0 Å². The second-order valence-electron chi connectivity index (χ2n) is 9.15. The van der Waals surface area contributed by atoms with Gasteiger partial charge in [0.05, 0.1) is 26.4 Å². The minimum Gasteiger partial charge on any atom is -0.496 e. The van der Waals surface area contributed by atoms with E-state index in [2.05, 4.69) is 42.0 Å². The SMILES string of the molecule is COc1ccc(CN2CCC3(CC2)CC(C(=O)N2CCOCC2)N(C)C3)cc1C. The highest BCUT2D eigenvalue weighted by molar-refractivity contribution is 5.82. The summed E-state index contributed by atoms with van der Waals surface area (Å²) in [5, 5.41) is 0. The van der Waals surface area contributed by atoms with Crippen LogP contribution in [-0.2, 0) is 16.1 Å². The summed E-state index contributed by atoms with van der Waals surface area (Å²) in [5.74, 6) is 1.26. The summed E-state index contributed by atoms with van der Waals surface area (Å²) in [6.07, 6.45) is 3.37. The average molecular weight is 402 g/mol. The standard InChI is InChI=1S/C23H35N3O3/c1-18-14-19(4-5-21(18)28-3)16-25-8-6-23(7-9-25)15-20(24(2)17-23)22(27)26-10-12-29-13-11-26/h4-5,14,20H,6-13,15-17H2,1-3H3. The minimum atomic E-state index is 0.0453. The summed E-state index contributed by atoms with van der Waals surface area (Å²) in [6.45, 7) is 9.19. The molecule has 0 aromatic heterocycles. The molecule has 29 heavy (non-hydrogen) atoms. The summed E-state index contributed by atoms with van der Waals surface area (Å²) >= 11 is 0. The van der Waals surface area contributed by atoms with Crippen LogP contribution < -0.4 is 4.74 Å². The van der Waals surface area contributed by atoms with E-state index < -0.39 is 0 Å². The van der Waals surface area contributed by atoms with Crippen LogP contribution in [0.3, 0.4) is 0 Å². The maximum absolute atomic E-state index is 13.0. The molecule has 6 nitrogen and oxygen atoms in total. The largest absolute Gasteiger partial charge is 0.496 e. The van der Waals surface area contributed by atoms with Crippen LogP contribution in [0, 0.1) is 12.3 Å². The Bertz CT molecular complexity index is 724. The Kier molecular flexibility index (Phi) is 6.13. The van der Waals surface area contributed by atoms with E-state index in [1.807, 2.05) is 4.90 Å². The fraction of sp³-hybridized carbons (Fsp3) is 0.696. The first-order valence-corrected chi connectivity index (χ1v) is 10.9. The van der Waals surface area contributed by atoms with Crippen molar-refractivity contribution in [1.29, 1.82) is 0 Å². The number of carbonyl (C=O) groups excluding carboxylic acids is 1. The second-order valence-corrected chi connectivity index (χ2v) is 9.15. The summed E-state index contributed by atoms with van der Waals surface area (Å²) in [7, 11) is 3.85. The lowest BCUT2D eigenvalue weighted by atomic mass is 9.76. The predicted molar refractivity (Wildman–Crippen MR) is 113 cm³/mol. The highest BCUT2D eigenvalue weighted by Crippen LogP contribution is 2.43. The zero-order valence-corrected chi connectivity index (χ0v) is 18.2. The van der Waals surface area contributed by atoms with Crippen LogP contribution in [-0.4, -0.2) is 86.7 Å². The monoisotopic (exact) mass is 401 g/mol. The van der Waals surface area contributed by atoms with Gasteiger partial charge in [0.15, 0.2) is 0 Å². The normalized spacial score (nSPS) is 25.5. The van der Waals surface area contributed by atoms with Crippen LogP contribution in [0.4, 0.5) is 0 Å². The van der Waals surface area contributed by atoms with Crippen molar-refractivity contribution in [2.75, 3.05) is 60.1 Å². The van der Waals surface area contributed by atoms with Crippen molar-refractivity contribution in [3.63, 3.8) is 0 Å². The Hall–Kier alpha value is -1.63. The number of amides is 1. The molecule has 160 valence electrons. The molecule has 0 N–H and O–H groups in total. The second kappa shape index (κ2) is 8.62. The van der Waals surface area contributed by atoms with Crippen molar-refractivity contribution in [3.8, 4) is 5.75 Å². The van der Waals surface area contributed by atoms with Crippen LogP contribution in [0.2, 0.25) is 0 Å². The first-order valence-electron chi connectivity index (χ1n) is 10.9. The third-order valence-corrected chi connectivity index (χ3v) is 7.13. The molecule has 1 aromatic carbocycles. The van der Waals surface area contributed by atoms with Crippen molar-refractivity contribution in [2.24, 2.45) is 5.41 Å². The van der Waals surface area contributed by atoms with E-state index in [9.17, 15) is 4.79 Å². The van der Waals surface area contributed by atoms with Crippen LogP contribution in [0.5, 0.6) is 5.75 Å². The number of methoxy groups -OCH3 is 1. The van der Waals surface area contributed by atoms with Gasteiger partial charge in [0, 0.05) is 26.2 Å². The third kappa shape index (κ3) is 4.44. The van der Waals surface area contributed by atoms with Gasteiger partial charge in [-0.2, -0.15) is 0 Å². The van der Waals surface area contributed by atoms with E-state index in [1.165, 1.54) is 24.0 Å². The van der Waals surface area contributed by atoms with Crippen molar-refractivity contribution < 1.29 is 14.3 Å². The number of morpholine rings is 1. The fourth-order valence-corrected chi connectivity index (χ4v) is 5.38. The number of carbonyl (C=O) groups is 1. The molecule has 0 saturated carbocycles. The lowest BCUT2D eigenvalue weighted by molar-refractivity contribution is -0.139. The van der Waals surface area contributed by atoms with Crippen LogP contribution >= 0.6 is 0 Å². The average Bonchev–Trinajstić information content (AvgIpc) is 3.06. The lowest BCUT2D eigenvalue weighted by Crippen LogP contribution is -2.48. The van der Waals surface area contributed by atoms with Gasteiger partial charge in [-0.15, -0.1) is 0 Å².